The normalized spacial score (nSPS) is 22.7. The van der Waals surface area contributed by atoms with Gasteiger partial charge in [-0.15, -0.1) is 0 Å². The minimum absolute atomic E-state index is 0.187. The van der Waals surface area contributed by atoms with E-state index in [0.29, 0.717) is 6.04 Å². The zero-order valence-electron chi connectivity index (χ0n) is 8.84. The molecular weight excluding hydrogens is 162 g/mol. The van der Waals surface area contributed by atoms with Crippen molar-refractivity contribution in [3.8, 4) is 0 Å². The second-order valence-corrected chi connectivity index (χ2v) is 4.10. The number of allylic oxidation sites excluding steroid dienone is 1. The number of carbonyl (C=O) groups is 1. The summed E-state index contributed by atoms with van der Waals surface area (Å²) < 4.78 is 0. The van der Waals surface area contributed by atoms with E-state index in [1.807, 2.05) is 18.7 Å². The topological polar surface area (TPSA) is 20.3 Å². The molecule has 13 heavy (non-hydrogen) atoms. The molecule has 2 nitrogen and oxygen atoms in total. The lowest BCUT2D eigenvalue weighted by Crippen LogP contribution is -2.41. The molecule has 1 rings (SSSR count). The van der Waals surface area contributed by atoms with E-state index in [1.54, 1.807) is 6.08 Å². The highest BCUT2D eigenvalue weighted by Gasteiger charge is 2.21. The molecule has 0 aromatic heterocycles. The SMILES string of the molecule is CC(C)=CC(=O)N1CCCCC1C. The summed E-state index contributed by atoms with van der Waals surface area (Å²) in [6.45, 7) is 7.00. The Kier molecular flexibility index (Phi) is 3.52. The number of piperidine rings is 1. The summed E-state index contributed by atoms with van der Waals surface area (Å²) in [6, 6.07) is 0.428. The smallest absolute Gasteiger partial charge is 0.246 e. The Hall–Kier alpha value is -0.790. The van der Waals surface area contributed by atoms with E-state index < -0.39 is 0 Å². The molecule has 0 saturated carbocycles. The molecule has 0 N–H and O–H groups in total. The standard InChI is InChI=1S/C11H19NO/c1-9(2)8-11(13)12-7-5-4-6-10(12)3/h8,10H,4-7H2,1-3H3. The van der Waals surface area contributed by atoms with Crippen LogP contribution in [0.15, 0.2) is 11.6 Å². The maximum absolute atomic E-state index is 11.7. The van der Waals surface area contributed by atoms with E-state index in [2.05, 4.69) is 6.92 Å². The molecule has 0 aromatic rings. The van der Waals surface area contributed by atoms with E-state index in [1.165, 1.54) is 6.42 Å². The van der Waals surface area contributed by atoms with Gasteiger partial charge in [-0.2, -0.15) is 0 Å². The van der Waals surface area contributed by atoms with Gasteiger partial charge in [-0.25, -0.2) is 0 Å². The molecule has 0 spiro atoms. The monoisotopic (exact) mass is 181 g/mol. The molecule has 1 unspecified atom stereocenters. The predicted octanol–water partition coefficient (Wildman–Crippen LogP) is 2.35. The Labute approximate surface area is 80.6 Å². The van der Waals surface area contributed by atoms with Crippen molar-refractivity contribution in [1.29, 1.82) is 0 Å². The van der Waals surface area contributed by atoms with Gasteiger partial charge >= 0.3 is 0 Å². The van der Waals surface area contributed by atoms with Gasteiger partial charge in [0.05, 0.1) is 0 Å². The van der Waals surface area contributed by atoms with Crippen LogP contribution < -0.4 is 0 Å². The van der Waals surface area contributed by atoms with E-state index >= 15 is 0 Å². The molecule has 0 radical (unpaired) electrons. The van der Waals surface area contributed by atoms with Crippen molar-refractivity contribution in [1.82, 2.24) is 4.90 Å². The predicted molar refractivity (Wildman–Crippen MR) is 54.5 cm³/mol. The fourth-order valence-corrected chi connectivity index (χ4v) is 1.76. The molecule has 1 amide bonds. The number of nitrogens with zero attached hydrogens (tertiary/aromatic N) is 1. The van der Waals surface area contributed by atoms with Crippen LogP contribution in [0.25, 0.3) is 0 Å². The second-order valence-electron chi connectivity index (χ2n) is 4.10. The van der Waals surface area contributed by atoms with Crippen molar-refractivity contribution in [2.24, 2.45) is 0 Å². The summed E-state index contributed by atoms with van der Waals surface area (Å²) >= 11 is 0. The van der Waals surface area contributed by atoms with Crippen molar-refractivity contribution in [3.05, 3.63) is 11.6 Å². The van der Waals surface area contributed by atoms with Crippen LogP contribution in [-0.4, -0.2) is 23.4 Å². The Morgan fingerprint density at radius 3 is 2.62 bits per heavy atom. The summed E-state index contributed by atoms with van der Waals surface area (Å²) in [7, 11) is 0. The van der Waals surface area contributed by atoms with Crippen LogP contribution in [0.1, 0.15) is 40.0 Å². The van der Waals surface area contributed by atoms with E-state index in [4.69, 9.17) is 0 Å². The minimum Gasteiger partial charge on any atom is -0.336 e. The van der Waals surface area contributed by atoms with Gasteiger partial charge < -0.3 is 4.90 Å². The van der Waals surface area contributed by atoms with Gasteiger partial charge in [-0.1, -0.05) is 5.57 Å². The van der Waals surface area contributed by atoms with E-state index in [0.717, 1.165) is 25.0 Å². The van der Waals surface area contributed by atoms with Gasteiger partial charge in [0.2, 0.25) is 5.91 Å². The average Bonchev–Trinajstić information content (AvgIpc) is 2.03. The third-order valence-corrected chi connectivity index (χ3v) is 2.50. The quantitative estimate of drug-likeness (QED) is 0.569. The Morgan fingerprint density at radius 1 is 1.38 bits per heavy atom. The second kappa shape index (κ2) is 4.45. The molecule has 0 bridgehead atoms. The lowest BCUT2D eigenvalue weighted by atomic mass is 10.0. The van der Waals surface area contributed by atoms with Crippen LogP contribution in [-0.2, 0) is 4.79 Å². The summed E-state index contributed by atoms with van der Waals surface area (Å²) in [6.07, 6.45) is 5.32. The van der Waals surface area contributed by atoms with Crippen LogP contribution in [0.4, 0.5) is 0 Å². The number of hydrogen-bond donors (Lipinski definition) is 0. The molecule has 1 atom stereocenters. The van der Waals surface area contributed by atoms with Crippen molar-refractivity contribution in [3.63, 3.8) is 0 Å². The number of rotatable bonds is 1. The lowest BCUT2D eigenvalue weighted by molar-refractivity contribution is -0.129. The van der Waals surface area contributed by atoms with Crippen LogP contribution >= 0.6 is 0 Å². The Morgan fingerprint density at radius 2 is 2.08 bits per heavy atom. The van der Waals surface area contributed by atoms with Gasteiger partial charge in [0.1, 0.15) is 0 Å². The maximum Gasteiger partial charge on any atom is 0.246 e. The average molecular weight is 181 g/mol. The summed E-state index contributed by atoms with van der Waals surface area (Å²) in [5.41, 5.74) is 1.09. The molecule has 2 heteroatoms. The van der Waals surface area contributed by atoms with E-state index in [-0.39, 0.29) is 5.91 Å². The highest BCUT2D eigenvalue weighted by atomic mass is 16.2. The molecular formula is C11H19NO. The maximum atomic E-state index is 11.7. The van der Waals surface area contributed by atoms with Gasteiger partial charge in [0, 0.05) is 18.7 Å². The van der Waals surface area contributed by atoms with Gasteiger partial charge in [-0.3, -0.25) is 4.79 Å². The van der Waals surface area contributed by atoms with Gasteiger partial charge in [0.15, 0.2) is 0 Å². The molecule has 1 heterocycles. The molecule has 0 aliphatic carbocycles. The molecule has 1 fully saturated rings. The first-order chi connectivity index (χ1) is 6.11. The van der Waals surface area contributed by atoms with Crippen molar-refractivity contribution < 1.29 is 4.79 Å². The van der Waals surface area contributed by atoms with Crippen molar-refractivity contribution in [2.45, 2.75) is 46.1 Å². The van der Waals surface area contributed by atoms with Crippen LogP contribution in [0, 0.1) is 0 Å². The number of hydrogen-bond acceptors (Lipinski definition) is 1. The molecule has 1 saturated heterocycles. The summed E-state index contributed by atoms with van der Waals surface area (Å²) in [5, 5.41) is 0. The summed E-state index contributed by atoms with van der Waals surface area (Å²) in [5.74, 6) is 0.187. The fourth-order valence-electron chi connectivity index (χ4n) is 1.76. The van der Waals surface area contributed by atoms with Crippen LogP contribution in [0.5, 0.6) is 0 Å². The number of likely N-dealkylation sites (tertiary alicyclic amines) is 1. The van der Waals surface area contributed by atoms with E-state index in [9.17, 15) is 4.79 Å². The zero-order valence-corrected chi connectivity index (χ0v) is 8.84. The Balaban J connectivity index is 2.59. The van der Waals surface area contributed by atoms with Crippen molar-refractivity contribution >= 4 is 5.91 Å². The number of carbonyl (C=O) groups excluding carboxylic acids is 1. The highest BCUT2D eigenvalue weighted by molar-refractivity contribution is 5.88. The van der Waals surface area contributed by atoms with Gasteiger partial charge in [0.25, 0.3) is 0 Å². The fraction of sp³-hybridized carbons (Fsp3) is 0.727. The third kappa shape index (κ3) is 2.87. The molecule has 0 aromatic carbocycles. The largest absolute Gasteiger partial charge is 0.336 e. The van der Waals surface area contributed by atoms with Crippen LogP contribution in [0.2, 0.25) is 0 Å². The molecule has 1 aliphatic heterocycles. The Bertz CT molecular complexity index is 216. The first-order valence-corrected chi connectivity index (χ1v) is 5.07. The minimum atomic E-state index is 0.187. The van der Waals surface area contributed by atoms with Crippen LogP contribution in [0.3, 0.4) is 0 Å². The highest BCUT2D eigenvalue weighted by Crippen LogP contribution is 2.16. The summed E-state index contributed by atoms with van der Waals surface area (Å²) in [4.78, 5) is 13.7. The first kappa shape index (κ1) is 10.3. The first-order valence-electron chi connectivity index (χ1n) is 5.07. The number of amides is 1. The third-order valence-electron chi connectivity index (χ3n) is 2.50. The lowest BCUT2D eigenvalue weighted by Gasteiger charge is -2.32. The molecule has 1 aliphatic rings. The van der Waals surface area contributed by atoms with Gasteiger partial charge in [-0.05, 0) is 40.0 Å². The van der Waals surface area contributed by atoms with Crippen molar-refractivity contribution in [2.75, 3.05) is 6.54 Å². The zero-order chi connectivity index (χ0) is 9.84. The molecule has 74 valence electrons.